The number of nitrogens with zero attached hydrogens (tertiary/aromatic N) is 2. The molecule has 1 heterocycles. The molecular formula is C14H19N3O3S. The zero-order valence-electron chi connectivity index (χ0n) is 11.9. The van der Waals surface area contributed by atoms with Gasteiger partial charge in [0.1, 0.15) is 6.20 Å². The first-order valence-corrected chi connectivity index (χ1v) is 8.07. The van der Waals surface area contributed by atoms with Gasteiger partial charge in [-0.05, 0) is 24.8 Å². The summed E-state index contributed by atoms with van der Waals surface area (Å²) in [5, 5.41) is 14.2. The molecule has 1 aliphatic carbocycles. The normalized spacial score (nSPS) is 21.8. The summed E-state index contributed by atoms with van der Waals surface area (Å²) in [6, 6.07) is 3.24. The molecule has 0 saturated heterocycles. The Hall–Kier alpha value is -1.63. The third kappa shape index (κ3) is 4.70. The van der Waals surface area contributed by atoms with E-state index in [1.807, 2.05) is 0 Å². The average molecular weight is 309 g/mol. The molecule has 1 aliphatic rings. The van der Waals surface area contributed by atoms with Crippen LogP contribution in [0.2, 0.25) is 0 Å². The number of nitrogens with one attached hydrogen (secondary N) is 1. The minimum Gasteiger partial charge on any atom is -0.352 e. The molecule has 2 atom stereocenters. The van der Waals surface area contributed by atoms with Gasteiger partial charge in [-0.25, -0.2) is 4.98 Å². The van der Waals surface area contributed by atoms with Gasteiger partial charge in [0, 0.05) is 12.1 Å². The Morgan fingerprint density at radius 3 is 2.86 bits per heavy atom. The third-order valence-corrected chi connectivity index (χ3v) is 4.68. The predicted molar refractivity (Wildman–Crippen MR) is 81.2 cm³/mol. The lowest BCUT2D eigenvalue weighted by Crippen LogP contribution is -2.41. The molecule has 21 heavy (non-hydrogen) atoms. The molecular weight excluding hydrogens is 290 g/mol. The van der Waals surface area contributed by atoms with E-state index in [1.54, 1.807) is 6.07 Å². The highest BCUT2D eigenvalue weighted by molar-refractivity contribution is 7.99. The van der Waals surface area contributed by atoms with Gasteiger partial charge < -0.3 is 5.32 Å². The molecule has 1 aromatic heterocycles. The van der Waals surface area contributed by atoms with Gasteiger partial charge in [0.2, 0.25) is 5.91 Å². The number of carbonyl (C=O) groups excluding carboxylic acids is 1. The number of carbonyl (C=O) groups is 1. The van der Waals surface area contributed by atoms with Gasteiger partial charge >= 0.3 is 0 Å². The van der Waals surface area contributed by atoms with Crippen molar-refractivity contribution in [1.82, 2.24) is 10.3 Å². The van der Waals surface area contributed by atoms with Crippen LogP contribution in [-0.2, 0) is 4.79 Å². The fraction of sp³-hybridized carbons (Fsp3) is 0.571. The van der Waals surface area contributed by atoms with Gasteiger partial charge in [-0.3, -0.25) is 14.9 Å². The van der Waals surface area contributed by atoms with Gasteiger partial charge in [-0.1, -0.05) is 31.5 Å². The molecule has 1 saturated carbocycles. The Bertz CT molecular complexity index is 507. The SMILES string of the molecule is C[C@@H]1CCCC[C@H]1NC(=O)CSc1ccc([N+](=O)[O-])cn1. The predicted octanol–water partition coefficient (Wildman–Crippen LogP) is 2.78. The maximum Gasteiger partial charge on any atom is 0.287 e. The van der Waals surface area contributed by atoms with Gasteiger partial charge in [-0.2, -0.15) is 0 Å². The van der Waals surface area contributed by atoms with Gasteiger partial charge in [0.15, 0.2) is 0 Å². The number of nitro groups is 1. The maximum atomic E-state index is 11.9. The quantitative estimate of drug-likeness (QED) is 0.513. The molecule has 114 valence electrons. The van der Waals surface area contributed by atoms with Crippen molar-refractivity contribution in [1.29, 1.82) is 0 Å². The van der Waals surface area contributed by atoms with E-state index in [0.29, 0.717) is 10.9 Å². The molecule has 2 rings (SSSR count). The molecule has 6 nitrogen and oxygen atoms in total. The fourth-order valence-electron chi connectivity index (χ4n) is 2.48. The second-order valence-corrected chi connectivity index (χ2v) is 6.33. The van der Waals surface area contributed by atoms with E-state index >= 15 is 0 Å². The summed E-state index contributed by atoms with van der Waals surface area (Å²) in [6.45, 7) is 2.18. The molecule has 0 unspecified atom stereocenters. The fourth-order valence-corrected chi connectivity index (χ4v) is 3.14. The highest BCUT2D eigenvalue weighted by Crippen LogP contribution is 2.24. The number of thioether (sulfide) groups is 1. The first-order chi connectivity index (χ1) is 10.1. The number of hydrogen-bond acceptors (Lipinski definition) is 5. The standard InChI is InChI=1S/C14H19N3O3S/c1-10-4-2-3-5-12(10)16-13(18)9-21-14-7-6-11(8-15-14)17(19)20/h6-8,10,12H,2-5,9H2,1H3,(H,16,18)/t10-,12-/m1/s1. The average Bonchev–Trinajstić information content (AvgIpc) is 2.48. The van der Waals surface area contributed by atoms with Gasteiger partial charge in [0.05, 0.1) is 15.7 Å². The second kappa shape index (κ2) is 7.40. The Labute approximate surface area is 127 Å². The summed E-state index contributed by atoms with van der Waals surface area (Å²) < 4.78 is 0. The summed E-state index contributed by atoms with van der Waals surface area (Å²) in [6.07, 6.45) is 5.85. The van der Waals surface area contributed by atoms with E-state index < -0.39 is 4.92 Å². The van der Waals surface area contributed by atoms with E-state index in [-0.39, 0.29) is 23.4 Å². The molecule has 0 radical (unpaired) electrons. The van der Waals surface area contributed by atoms with Crippen LogP contribution >= 0.6 is 11.8 Å². The lowest BCUT2D eigenvalue weighted by molar-refractivity contribution is -0.385. The summed E-state index contributed by atoms with van der Waals surface area (Å²) in [7, 11) is 0. The van der Waals surface area contributed by atoms with Crippen LogP contribution in [0, 0.1) is 16.0 Å². The van der Waals surface area contributed by atoms with Crippen LogP contribution in [-0.4, -0.2) is 27.6 Å². The molecule has 0 aliphatic heterocycles. The molecule has 0 spiro atoms. The van der Waals surface area contributed by atoms with Crippen LogP contribution in [0.1, 0.15) is 32.6 Å². The zero-order valence-corrected chi connectivity index (χ0v) is 12.8. The largest absolute Gasteiger partial charge is 0.352 e. The van der Waals surface area contributed by atoms with E-state index in [1.165, 1.54) is 43.3 Å². The topological polar surface area (TPSA) is 85.1 Å². The third-order valence-electron chi connectivity index (χ3n) is 3.74. The lowest BCUT2D eigenvalue weighted by Gasteiger charge is -2.29. The van der Waals surface area contributed by atoms with Crippen molar-refractivity contribution in [2.24, 2.45) is 5.92 Å². The van der Waals surface area contributed by atoms with Crippen LogP contribution in [0.15, 0.2) is 23.4 Å². The minimum absolute atomic E-state index is 0.00102. The highest BCUT2D eigenvalue weighted by atomic mass is 32.2. The summed E-state index contributed by atoms with van der Waals surface area (Å²) in [5.41, 5.74) is -0.0418. The molecule has 0 aromatic carbocycles. The van der Waals surface area contributed by atoms with E-state index in [0.717, 1.165) is 6.42 Å². The Morgan fingerprint density at radius 1 is 1.48 bits per heavy atom. The van der Waals surface area contributed by atoms with Crippen LogP contribution in [0.4, 0.5) is 5.69 Å². The van der Waals surface area contributed by atoms with E-state index in [2.05, 4.69) is 17.2 Å². The molecule has 1 amide bonds. The van der Waals surface area contributed by atoms with Crippen molar-refractivity contribution in [3.63, 3.8) is 0 Å². The lowest BCUT2D eigenvalue weighted by atomic mass is 9.86. The van der Waals surface area contributed by atoms with Crippen molar-refractivity contribution in [2.45, 2.75) is 43.7 Å². The van der Waals surface area contributed by atoms with Crippen LogP contribution in [0.25, 0.3) is 0 Å². The van der Waals surface area contributed by atoms with Crippen molar-refractivity contribution < 1.29 is 9.72 Å². The smallest absolute Gasteiger partial charge is 0.287 e. The van der Waals surface area contributed by atoms with Crippen LogP contribution in [0.5, 0.6) is 0 Å². The summed E-state index contributed by atoms with van der Waals surface area (Å²) >= 11 is 1.29. The number of amides is 1. The monoisotopic (exact) mass is 309 g/mol. The van der Waals surface area contributed by atoms with Crippen molar-refractivity contribution in [3.05, 3.63) is 28.4 Å². The molecule has 7 heteroatoms. The first-order valence-electron chi connectivity index (χ1n) is 7.09. The van der Waals surface area contributed by atoms with Crippen molar-refractivity contribution in [3.8, 4) is 0 Å². The summed E-state index contributed by atoms with van der Waals surface area (Å²) in [5.74, 6) is 0.817. The Balaban J connectivity index is 1.79. The molecule has 0 bridgehead atoms. The van der Waals surface area contributed by atoms with Gasteiger partial charge in [-0.15, -0.1) is 0 Å². The van der Waals surface area contributed by atoms with Crippen molar-refractivity contribution >= 4 is 23.4 Å². The van der Waals surface area contributed by atoms with Crippen molar-refractivity contribution in [2.75, 3.05) is 5.75 Å². The minimum atomic E-state index is -0.487. The Kier molecular flexibility index (Phi) is 5.55. The second-order valence-electron chi connectivity index (χ2n) is 5.34. The molecule has 1 aromatic rings. The first kappa shape index (κ1) is 15.8. The number of rotatable bonds is 5. The summed E-state index contributed by atoms with van der Waals surface area (Å²) in [4.78, 5) is 25.9. The Morgan fingerprint density at radius 2 is 2.24 bits per heavy atom. The highest BCUT2D eigenvalue weighted by Gasteiger charge is 2.22. The maximum absolute atomic E-state index is 11.9. The van der Waals surface area contributed by atoms with Crippen LogP contribution < -0.4 is 5.32 Å². The van der Waals surface area contributed by atoms with Crippen LogP contribution in [0.3, 0.4) is 0 Å². The van der Waals surface area contributed by atoms with E-state index in [9.17, 15) is 14.9 Å². The molecule has 1 N–H and O–H groups in total. The van der Waals surface area contributed by atoms with E-state index in [4.69, 9.17) is 0 Å². The number of aromatic nitrogens is 1. The molecule has 1 fully saturated rings. The number of pyridine rings is 1. The zero-order chi connectivity index (χ0) is 15.2. The van der Waals surface area contributed by atoms with Gasteiger partial charge in [0.25, 0.3) is 5.69 Å². The number of hydrogen-bond donors (Lipinski definition) is 1.